The van der Waals surface area contributed by atoms with Crippen LogP contribution in [0.5, 0.6) is 5.75 Å². The summed E-state index contributed by atoms with van der Waals surface area (Å²) in [7, 11) is 1.73. The Bertz CT molecular complexity index is 390. The number of hydrogen-bond donors (Lipinski definition) is 1. The van der Waals surface area contributed by atoms with Crippen LogP contribution in [-0.4, -0.2) is 24.9 Å². The number of ether oxygens (including phenoxy) is 2. The van der Waals surface area contributed by atoms with E-state index in [1.807, 2.05) is 12.1 Å². The molecule has 0 amide bonds. The molecule has 3 nitrogen and oxygen atoms in total. The molecular formula is C17H29NO2. The van der Waals surface area contributed by atoms with Crippen molar-refractivity contribution in [3.63, 3.8) is 0 Å². The van der Waals surface area contributed by atoms with Crippen LogP contribution in [-0.2, 0) is 11.3 Å². The predicted octanol–water partition coefficient (Wildman–Crippen LogP) is 3.77. The summed E-state index contributed by atoms with van der Waals surface area (Å²) in [6.07, 6.45) is 0.872. The molecule has 0 aliphatic carbocycles. The summed E-state index contributed by atoms with van der Waals surface area (Å²) >= 11 is 0. The molecule has 0 fully saturated rings. The average Bonchev–Trinajstić information content (AvgIpc) is 2.37. The minimum Gasteiger partial charge on any atom is -0.493 e. The SMILES string of the molecule is COC(C)(C)CCOc1ccc(CNC(C)(C)C)cc1. The first-order chi connectivity index (χ1) is 9.22. The minimum absolute atomic E-state index is 0.128. The van der Waals surface area contributed by atoms with Crippen molar-refractivity contribution in [2.24, 2.45) is 0 Å². The number of methoxy groups -OCH3 is 1. The van der Waals surface area contributed by atoms with Crippen LogP contribution in [0, 0.1) is 0 Å². The van der Waals surface area contributed by atoms with Gasteiger partial charge in [-0.25, -0.2) is 0 Å². The Morgan fingerprint density at radius 2 is 1.60 bits per heavy atom. The van der Waals surface area contributed by atoms with Crippen LogP contribution in [0.3, 0.4) is 0 Å². The quantitative estimate of drug-likeness (QED) is 0.824. The van der Waals surface area contributed by atoms with Gasteiger partial charge in [-0.15, -0.1) is 0 Å². The van der Waals surface area contributed by atoms with Crippen LogP contribution in [0.25, 0.3) is 0 Å². The lowest BCUT2D eigenvalue weighted by Crippen LogP contribution is -2.35. The van der Waals surface area contributed by atoms with E-state index >= 15 is 0 Å². The molecule has 1 aromatic rings. The Balaban J connectivity index is 2.39. The average molecular weight is 279 g/mol. The van der Waals surface area contributed by atoms with Crippen molar-refractivity contribution in [3.05, 3.63) is 29.8 Å². The maximum Gasteiger partial charge on any atom is 0.119 e. The Kier molecular flexibility index (Phi) is 6.03. The van der Waals surface area contributed by atoms with Gasteiger partial charge in [0.2, 0.25) is 0 Å². The van der Waals surface area contributed by atoms with Crippen LogP contribution < -0.4 is 10.1 Å². The monoisotopic (exact) mass is 279 g/mol. The second-order valence-corrected chi connectivity index (χ2v) is 6.81. The lowest BCUT2D eigenvalue weighted by molar-refractivity contribution is 0.00545. The summed E-state index contributed by atoms with van der Waals surface area (Å²) < 4.78 is 11.1. The molecule has 0 heterocycles. The highest BCUT2D eigenvalue weighted by Gasteiger charge is 2.15. The Morgan fingerprint density at radius 3 is 2.10 bits per heavy atom. The molecule has 0 unspecified atom stereocenters. The second kappa shape index (κ2) is 7.09. The highest BCUT2D eigenvalue weighted by Crippen LogP contribution is 2.16. The largest absolute Gasteiger partial charge is 0.493 e. The van der Waals surface area contributed by atoms with Gasteiger partial charge in [-0.2, -0.15) is 0 Å². The van der Waals surface area contributed by atoms with Crippen LogP contribution in [0.2, 0.25) is 0 Å². The summed E-state index contributed by atoms with van der Waals surface area (Å²) in [6.45, 7) is 12.2. The number of hydrogen-bond acceptors (Lipinski definition) is 3. The summed E-state index contributed by atoms with van der Waals surface area (Å²) in [5.41, 5.74) is 1.28. The summed E-state index contributed by atoms with van der Waals surface area (Å²) in [5.74, 6) is 0.913. The van der Waals surface area contributed by atoms with Crippen molar-refractivity contribution in [1.82, 2.24) is 5.32 Å². The van der Waals surface area contributed by atoms with Crippen molar-refractivity contribution in [1.29, 1.82) is 0 Å². The molecule has 0 radical (unpaired) electrons. The summed E-state index contributed by atoms with van der Waals surface area (Å²) in [4.78, 5) is 0. The van der Waals surface area contributed by atoms with Gasteiger partial charge in [-0.3, -0.25) is 0 Å². The van der Waals surface area contributed by atoms with Gasteiger partial charge < -0.3 is 14.8 Å². The molecule has 3 heteroatoms. The second-order valence-electron chi connectivity index (χ2n) is 6.81. The highest BCUT2D eigenvalue weighted by molar-refractivity contribution is 5.27. The minimum atomic E-state index is -0.128. The molecule has 1 N–H and O–H groups in total. The van der Waals surface area contributed by atoms with Crippen LogP contribution >= 0.6 is 0 Å². The van der Waals surface area contributed by atoms with Crippen LogP contribution in [0.4, 0.5) is 0 Å². The van der Waals surface area contributed by atoms with E-state index in [9.17, 15) is 0 Å². The van der Waals surface area contributed by atoms with Gasteiger partial charge in [0.1, 0.15) is 5.75 Å². The summed E-state index contributed by atoms with van der Waals surface area (Å²) in [5, 5.41) is 3.47. The molecule has 1 aromatic carbocycles. The van der Waals surface area contributed by atoms with E-state index in [0.717, 1.165) is 18.7 Å². The fourth-order valence-electron chi connectivity index (χ4n) is 1.59. The van der Waals surface area contributed by atoms with Crippen molar-refractivity contribution in [2.45, 2.75) is 58.7 Å². The zero-order valence-corrected chi connectivity index (χ0v) is 13.7. The molecule has 0 bridgehead atoms. The third kappa shape index (κ3) is 6.92. The van der Waals surface area contributed by atoms with Gasteiger partial charge in [0.25, 0.3) is 0 Å². The lowest BCUT2D eigenvalue weighted by atomic mass is 10.1. The fourth-order valence-corrected chi connectivity index (χ4v) is 1.59. The molecule has 0 saturated carbocycles. The predicted molar refractivity (Wildman–Crippen MR) is 84.2 cm³/mol. The Hall–Kier alpha value is -1.06. The fraction of sp³-hybridized carbons (Fsp3) is 0.647. The number of rotatable bonds is 7. The van der Waals surface area contributed by atoms with E-state index in [1.165, 1.54) is 5.56 Å². The van der Waals surface area contributed by atoms with E-state index in [1.54, 1.807) is 7.11 Å². The van der Waals surface area contributed by atoms with Crippen molar-refractivity contribution in [2.75, 3.05) is 13.7 Å². The number of benzene rings is 1. The van der Waals surface area contributed by atoms with Gasteiger partial charge in [-0.1, -0.05) is 12.1 Å². The van der Waals surface area contributed by atoms with E-state index in [-0.39, 0.29) is 11.1 Å². The van der Waals surface area contributed by atoms with Crippen molar-refractivity contribution >= 4 is 0 Å². The lowest BCUT2D eigenvalue weighted by Gasteiger charge is -2.22. The highest BCUT2D eigenvalue weighted by atomic mass is 16.5. The third-order valence-electron chi connectivity index (χ3n) is 3.27. The van der Waals surface area contributed by atoms with Gasteiger partial charge in [-0.05, 0) is 52.3 Å². The van der Waals surface area contributed by atoms with E-state index < -0.39 is 0 Å². The first-order valence-corrected chi connectivity index (χ1v) is 7.24. The molecule has 20 heavy (non-hydrogen) atoms. The molecule has 1 rings (SSSR count). The third-order valence-corrected chi connectivity index (χ3v) is 3.27. The van der Waals surface area contributed by atoms with Gasteiger partial charge in [0.15, 0.2) is 0 Å². The van der Waals surface area contributed by atoms with Gasteiger partial charge in [0, 0.05) is 25.6 Å². The summed E-state index contributed by atoms with van der Waals surface area (Å²) in [6, 6.07) is 8.27. The standard InChI is InChI=1S/C17H29NO2/c1-16(2,3)18-13-14-7-9-15(10-8-14)20-12-11-17(4,5)19-6/h7-10,18H,11-13H2,1-6H3. The Morgan fingerprint density at radius 1 is 1.00 bits per heavy atom. The van der Waals surface area contributed by atoms with Crippen molar-refractivity contribution in [3.8, 4) is 5.75 Å². The first kappa shape index (κ1) is 17.0. The maximum absolute atomic E-state index is 5.74. The zero-order valence-electron chi connectivity index (χ0n) is 13.7. The molecule has 0 atom stereocenters. The zero-order chi connectivity index (χ0) is 15.2. The van der Waals surface area contributed by atoms with E-state index in [0.29, 0.717) is 6.61 Å². The number of nitrogens with one attached hydrogen (secondary N) is 1. The van der Waals surface area contributed by atoms with Crippen LogP contribution in [0.1, 0.15) is 46.6 Å². The van der Waals surface area contributed by atoms with E-state index in [2.05, 4.69) is 52.1 Å². The molecule has 0 saturated heterocycles. The van der Waals surface area contributed by atoms with Crippen molar-refractivity contribution < 1.29 is 9.47 Å². The molecular weight excluding hydrogens is 250 g/mol. The topological polar surface area (TPSA) is 30.5 Å². The molecule has 0 aliphatic rings. The maximum atomic E-state index is 5.74. The first-order valence-electron chi connectivity index (χ1n) is 7.24. The van der Waals surface area contributed by atoms with Gasteiger partial charge >= 0.3 is 0 Å². The van der Waals surface area contributed by atoms with E-state index in [4.69, 9.17) is 9.47 Å². The molecule has 0 aliphatic heterocycles. The normalized spacial score (nSPS) is 12.5. The molecule has 114 valence electrons. The Labute approximate surface area is 123 Å². The molecule has 0 aromatic heterocycles. The molecule has 0 spiro atoms. The smallest absolute Gasteiger partial charge is 0.119 e. The van der Waals surface area contributed by atoms with Crippen LogP contribution in [0.15, 0.2) is 24.3 Å². The van der Waals surface area contributed by atoms with Gasteiger partial charge in [0.05, 0.1) is 12.2 Å².